The molecule has 0 aliphatic carbocycles. The minimum Gasteiger partial charge on any atom is -0.313 e. The van der Waals surface area contributed by atoms with Gasteiger partial charge < -0.3 is 5.32 Å². The van der Waals surface area contributed by atoms with E-state index in [0.717, 1.165) is 12.0 Å². The maximum Gasteiger partial charge on any atom is 0.150 e. The molecule has 0 aromatic rings. The number of sulfone groups is 1. The van der Waals surface area contributed by atoms with Crippen molar-refractivity contribution < 1.29 is 8.42 Å². The van der Waals surface area contributed by atoms with Crippen molar-refractivity contribution in [3.63, 3.8) is 0 Å². The highest BCUT2D eigenvalue weighted by Crippen LogP contribution is 2.24. The van der Waals surface area contributed by atoms with E-state index in [2.05, 4.69) is 11.9 Å². The van der Waals surface area contributed by atoms with Crippen LogP contribution in [0.15, 0.2) is 12.2 Å². The zero-order valence-corrected chi connectivity index (χ0v) is 9.02. The fourth-order valence-electron chi connectivity index (χ4n) is 1.97. The molecule has 1 fully saturated rings. The van der Waals surface area contributed by atoms with Crippen LogP contribution in [0.3, 0.4) is 0 Å². The monoisotopic (exact) mass is 203 g/mol. The van der Waals surface area contributed by atoms with Crippen LogP contribution in [0, 0.1) is 5.92 Å². The van der Waals surface area contributed by atoms with Gasteiger partial charge in [-0.25, -0.2) is 8.42 Å². The first kappa shape index (κ1) is 10.7. The van der Waals surface area contributed by atoms with Gasteiger partial charge in [0.05, 0.1) is 11.5 Å². The van der Waals surface area contributed by atoms with Crippen LogP contribution >= 0.6 is 0 Å². The van der Waals surface area contributed by atoms with Crippen molar-refractivity contribution in [2.45, 2.75) is 19.4 Å². The lowest BCUT2D eigenvalue weighted by molar-refractivity contribution is 0.453. The Kier molecular flexibility index (Phi) is 3.14. The summed E-state index contributed by atoms with van der Waals surface area (Å²) in [6, 6.07) is 0.150. The van der Waals surface area contributed by atoms with Crippen LogP contribution in [-0.2, 0) is 9.84 Å². The van der Waals surface area contributed by atoms with Gasteiger partial charge in [-0.15, -0.1) is 0 Å². The Morgan fingerprint density at radius 1 is 1.62 bits per heavy atom. The van der Waals surface area contributed by atoms with Gasteiger partial charge in [-0.1, -0.05) is 12.2 Å². The predicted octanol–water partition coefficient (Wildman–Crippen LogP) is 0.585. The fraction of sp³-hybridized carbons (Fsp3) is 0.778. The van der Waals surface area contributed by atoms with E-state index in [1.807, 2.05) is 14.0 Å². The number of hydrogen-bond acceptors (Lipinski definition) is 3. The van der Waals surface area contributed by atoms with Gasteiger partial charge in [-0.3, -0.25) is 0 Å². The molecule has 1 saturated heterocycles. The van der Waals surface area contributed by atoms with Crippen molar-refractivity contribution in [3.05, 3.63) is 12.2 Å². The molecule has 0 aromatic carbocycles. The molecule has 3 nitrogen and oxygen atoms in total. The molecule has 76 valence electrons. The van der Waals surface area contributed by atoms with E-state index in [-0.39, 0.29) is 12.0 Å². The highest BCUT2D eigenvalue weighted by atomic mass is 32.2. The zero-order chi connectivity index (χ0) is 10.1. The molecular weight excluding hydrogens is 186 g/mol. The number of likely N-dealkylation sites (N-methyl/N-ethyl adjacent to an activating group) is 1. The summed E-state index contributed by atoms with van der Waals surface area (Å²) in [4.78, 5) is 0. The number of hydrogen-bond donors (Lipinski definition) is 1. The fourth-order valence-corrected chi connectivity index (χ4v) is 3.81. The minimum absolute atomic E-state index is 0.150. The molecule has 1 heterocycles. The van der Waals surface area contributed by atoms with Gasteiger partial charge >= 0.3 is 0 Å². The first-order valence-corrected chi connectivity index (χ1v) is 6.31. The largest absolute Gasteiger partial charge is 0.313 e. The average molecular weight is 203 g/mol. The third kappa shape index (κ3) is 2.54. The minimum atomic E-state index is -2.77. The Labute approximate surface area is 80.1 Å². The lowest BCUT2D eigenvalue weighted by atomic mass is 9.94. The molecule has 1 aliphatic heterocycles. The summed E-state index contributed by atoms with van der Waals surface area (Å²) in [7, 11) is -0.914. The van der Waals surface area contributed by atoms with E-state index < -0.39 is 9.84 Å². The van der Waals surface area contributed by atoms with Crippen molar-refractivity contribution in [1.82, 2.24) is 5.32 Å². The van der Waals surface area contributed by atoms with E-state index in [0.29, 0.717) is 11.5 Å². The Morgan fingerprint density at radius 3 is 2.54 bits per heavy atom. The summed E-state index contributed by atoms with van der Waals surface area (Å²) in [5.74, 6) is 0.863. The first-order chi connectivity index (χ1) is 5.96. The van der Waals surface area contributed by atoms with Crippen LogP contribution in [0.5, 0.6) is 0 Å². The Morgan fingerprint density at radius 2 is 2.23 bits per heavy atom. The topological polar surface area (TPSA) is 46.2 Å². The maximum atomic E-state index is 11.2. The second-order valence-electron chi connectivity index (χ2n) is 3.78. The summed E-state index contributed by atoms with van der Waals surface area (Å²) >= 11 is 0. The third-order valence-electron chi connectivity index (χ3n) is 2.58. The van der Waals surface area contributed by atoms with Gasteiger partial charge in [-0.05, 0) is 26.3 Å². The van der Waals surface area contributed by atoms with E-state index in [1.165, 1.54) is 0 Å². The molecule has 4 heteroatoms. The standard InChI is InChI=1S/C9H17NO2S/c1-7(2)9(10-3)8-4-5-13(11,12)6-8/h8-10H,1,4-6H2,2-3H3. The molecular formula is C9H17NO2S. The molecule has 0 spiro atoms. The molecule has 0 radical (unpaired) electrons. The maximum absolute atomic E-state index is 11.2. The van der Waals surface area contributed by atoms with Crippen molar-refractivity contribution in [1.29, 1.82) is 0 Å². The summed E-state index contributed by atoms with van der Waals surface area (Å²) < 4.78 is 22.5. The molecule has 0 saturated carbocycles. The molecule has 0 bridgehead atoms. The third-order valence-corrected chi connectivity index (χ3v) is 4.37. The van der Waals surface area contributed by atoms with Gasteiger partial charge in [0.1, 0.15) is 0 Å². The van der Waals surface area contributed by atoms with E-state index in [4.69, 9.17) is 0 Å². The van der Waals surface area contributed by atoms with Crippen LogP contribution in [0.2, 0.25) is 0 Å². The lowest BCUT2D eigenvalue weighted by Crippen LogP contribution is -2.34. The van der Waals surface area contributed by atoms with Crippen molar-refractivity contribution >= 4 is 9.84 Å². The molecule has 1 rings (SSSR count). The normalized spacial score (nSPS) is 28.6. The van der Waals surface area contributed by atoms with Crippen LogP contribution in [0.4, 0.5) is 0 Å². The molecule has 13 heavy (non-hydrogen) atoms. The second-order valence-corrected chi connectivity index (χ2v) is 6.00. The predicted molar refractivity (Wildman–Crippen MR) is 54.4 cm³/mol. The highest BCUT2D eigenvalue weighted by Gasteiger charge is 2.33. The smallest absolute Gasteiger partial charge is 0.150 e. The van der Waals surface area contributed by atoms with E-state index in [9.17, 15) is 8.42 Å². The van der Waals surface area contributed by atoms with Crippen molar-refractivity contribution in [2.24, 2.45) is 5.92 Å². The van der Waals surface area contributed by atoms with Crippen LogP contribution in [-0.4, -0.2) is 33.0 Å². The Bertz CT molecular complexity index is 295. The van der Waals surface area contributed by atoms with E-state index in [1.54, 1.807) is 0 Å². The Balaban J connectivity index is 2.69. The number of nitrogens with one attached hydrogen (secondary N) is 1. The molecule has 0 aromatic heterocycles. The van der Waals surface area contributed by atoms with Gasteiger partial charge in [-0.2, -0.15) is 0 Å². The second kappa shape index (κ2) is 3.80. The molecule has 1 aliphatic rings. The molecule has 2 atom stereocenters. The average Bonchev–Trinajstić information content (AvgIpc) is 2.31. The van der Waals surface area contributed by atoms with Crippen molar-refractivity contribution in [2.75, 3.05) is 18.6 Å². The summed E-state index contributed by atoms with van der Waals surface area (Å²) in [5.41, 5.74) is 1.02. The lowest BCUT2D eigenvalue weighted by Gasteiger charge is -2.21. The van der Waals surface area contributed by atoms with Gasteiger partial charge in [0, 0.05) is 6.04 Å². The Hall–Kier alpha value is -0.350. The first-order valence-electron chi connectivity index (χ1n) is 4.49. The summed E-state index contributed by atoms with van der Waals surface area (Å²) in [5, 5.41) is 3.12. The molecule has 2 unspecified atom stereocenters. The van der Waals surface area contributed by atoms with Crippen LogP contribution in [0.1, 0.15) is 13.3 Å². The number of rotatable bonds is 3. The van der Waals surface area contributed by atoms with Gasteiger partial charge in [0.15, 0.2) is 9.84 Å². The van der Waals surface area contributed by atoms with Crippen LogP contribution < -0.4 is 5.32 Å². The van der Waals surface area contributed by atoms with Crippen molar-refractivity contribution in [3.8, 4) is 0 Å². The quantitative estimate of drug-likeness (QED) is 0.683. The van der Waals surface area contributed by atoms with Crippen LogP contribution in [0.25, 0.3) is 0 Å². The summed E-state index contributed by atoms with van der Waals surface area (Å²) in [6.07, 6.45) is 0.765. The molecule has 1 N–H and O–H groups in total. The van der Waals surface area contributed by atoms with Gasteiger partial charge in [0.25, 0.3) is 0 Å². The highest BCUT2D eigenvalue weighted by molar-refractivity contribution is 7.91. The van der Waals surface area contributed by atoms with Gasteiger partial charge in [0.2, 0.25) is 0 Å². The SMILES string of the molecule is C=C(C)C(NC)C1CCS(=O)(=O)C1. The molecule has 0 amide bonds. The van der Waals surface area contributed by atoms with E-state index >= 15 is 0 Å². The summed E-state index contributed by atoms with van der Waals surface area (Å²) in [6.45, 7) is 5.80. The zero-order valence-electron chi connectivity index (χ0n) is 8.21.